The first-order chi connectivity index (χ1) is 15.0. The summed E-state index contributed by atoms with van der Waals surface area (Å²) in [7, 11) is 0. The molecule has 9 heteroatoms. The summed E-state index contributed by atoms with van der Waals surface area (Å²) >= 11 is 2.64. The van der Waals surface area contributed by atoms with Crippen molar-refractivity contribution < 1.29 is 9.32 Å². The first-order valence-corrected chi connectivity index (χ1v) is 11.3. The van der Waals surface area contributed by atoms with Gasteiger partial charge in [0.05, 0.1) is 10.6 Å². The highest BCUT2D eigenvalue weighted by atomic mass is 32.2. The first kappa shape index (κ1) is 21.1. The van der Waals surface area contributed by atoms with Crippen molar-refractivity contribution in [3.05, 3.63) is 70.5 Å². The molecular weight excluding hydrogens is 432 g/mol. The van der Waals surface area contributed by atoms with E-state index in [9.17, 15) is 9.59 Å². The van der Waals surface area contributed by atoms with Gasteiger partial charge in [0.25, 0.3) is 5.56 Å². The molecule has 3 aromatic heterocycles. The van der Waals surface area contributed by atoms with Crippen LogP contribution in [0.25, 0.3) is 21.3 Å². The third-order valence-electron chi connectivity index (χ3n) is 4.59. The van der Waals surface area contributed by atoms with Crippen molar-refractivity contribution in [3.8, 4) is 11.1 Å². The number of fused-ring (bicyclic) bond motifs is 1. The van der Waals surface area contributed by atoms with E-state index in [1.807, 2.05) is 35.7 Å². The smallest absolute Gasteiger partial charge is 0.263 e. The molecule has 1 amide bonds. The van der Waals surface area contributed by atoms with Gasteiger partial charge in [-0.25, -0.2) is 4.98 Å². The lowest BCUT2D eigenvalue weighted by atomic mass is 10.1. The number of amides is 1. The third-order valence-corrected chi connectivity index (χ3v) is 6.55. The number of aryl methyl sites for hydroxylation is 1. The third kappa shape index (κ3) is 4.33. The van der Waals surface area contributed by atoms with Gasteiger partial charge in [0.2, 0.25) is 5.91 Å². The lowest BCUT2D eigenvalue weighted by Crippen LogP contribution is -2.26. The zero-order valence-corrected chi connectivity index (χ0v) is 18.6. The summed E-state index contributed by atoms with van der Waals surface area (Å²) < 4.78 is 6.54. The molecule has 0 aliphatic carbocycles. The Morgan fingerprint density at radius 3 is 2.84 bits per heavy atom. The van der Waals surface area contributed by atoms with E-state index in [1.165, 1.54) is 23.1 Å². The Labute approximate surface area is 186 Å². The highest BCUT2D eigenvalue weighted by Gasteiger charge is 2.22. The summed E-state index contributed by atoms with van der Waals surface area (Å²) in [6, 6.07) is 11.4. The molecule has 1 aromatic carbocycles. The molecule has 4 rings (SSSR count). The Morgan fingerprint density at radius 1 is 1.39 bits per heavy atom. The lowest BCUT2D eigenvalue weighted by molar-refractivity contribution is -0.115. The van der Waals surface area contributed by atoms with Crippen LogP contribution in [0.1, 0.15) is 12.7 Å². The molecule has 0 fully saturated rings. The van der Waals surface area contributed by atoms with Crippen LogP contribution in [0.5, 0.6) is 0 Å². The van der Waals surface area contributed by atoms with Crippen molar-refractivity contribution in [2.45, 2.75) is 30.8 Å². The largest absolute Gasteiger partial charge is 0.360 e. The summed E-state index contributed by atoms with van der Waals surface area (Å²) in [5.41, 5.74) is 1.68. The van der Waals surface area contributed by atoms with E-state index in [0.717, 1.165) is 11.1 Å². The molecule has 0 saturated carbocycles. The van der Waals surface area contributed by atoms with Gasteiger partial charge in [-0.05, 0) is 19.4 Å². The quantitative estimate of drug-likeness (QED) is 0.248. The molecule has 1 unspecified atom stereocenters. The number of carbonyl (C=O) groups is 1. The Kier molecular flexibility index (Phi) is 6.06. The van der Waals surface area contributed by atoms with Gasteiger partial charge in [-0.1, -0.05) is 53.3 Å². The van der Waals surface area contributed by atoms with Gasteiger partial charge in [-0.15, -0.1) is 17.9 Å². The normalized spacial score (nSPS) is 12.1. The van der Waals surface area contributed by atoms with E-state index < -0.39 is 5.25 Å². The van der Waals surface area contributed by atoms with Crippen LogP contribution in [0.4, 0.5) is 5.82 Å². The van der Waals surface area contributed by atoms with Crippen LogP contribution in [-0.2, 0) is 11.3 Å². The molecule has 0 radical (unpaired) electrons. The number of nitrogens with zero attached hydrogens (tertiary/aromatic N) is 3. The summed E-state index contributed by atoms with van der Waals surface area (Å²) in [6.45, 7) is 7.57. The van der Waals surface area contributed by atoms with Gasteiger partial charge < -0.3 is 9.84 Å². The highest BCUT2D eigenvalue weighted by Crippen LogP contribution is 2.33. The number of thioether (sulfide) groups is 1. The van der Waals surface area contributed by atoms with Gasteiger partial charge in [-0.3, -0.25) is 14.2 Å². The van der Waals surface area contributed by atoms with Gasteiger partial charge in [0.1, 0.15) is 10.6 Å². The van der Waals surface area contributed by atoms with Gasteiger partial charge >= 0.3 is 0 Å². The van der Waals surface area contributed by atoms with Crippen molar-refractivity contribution in [2.24, 2.45) is 0 Å². The van der Waals surface area contributed by atoms with E-state index in [-0.39, 0.29) is 11.5 Å². The number of nitrogens with one attached hydrogen (secondary N) is 1. The first-order valence-electron chi connectivity index (χ1n) is 9.57. The Morgan fingerprint density at radius 2 is 2.16 bits per heavy atom. The van der Waals surface area contributed by atoms with E-state index in [1.54, 1.807) is 30.6 Å². The van der Waals surface area contributed by atoms with E-state index in [0.29, 0.717) is 33.5 Å². The fourth-order valence-electron chi connectivity index (χ4n) is 3.08. The Hall–Kier alpha value is -3.17. The maximum atomic E-state index is 13.4. The number of carbonyl (C=O) groups excluding carboxylic acids is 1. The maximum Gasteiger partial charge on any atom is 0.263 e. The molecule has 0 spiro atoms. The summed E-state index contributed by atoms with van der Waals surface area (Å²) in [6.07, 6.45) is 1.65. The predicted octanol–water partition coefficient (Wildman–Crippen LogP) is 4.73. The number of thiophene rings is 1. The second kappa shape index (κ2) is 8.91. The van der Waals surface area contributed by atoms with Crippen LogP contribution in [0.15, 0.2) is 68.9 Å². The molecule has 0 saturated heterocycles. The van der Waals surface area contributed by atoms with Crippen molar-refractivity contribution in [2.75, 3.05) is 5.32 Å². The second-order valence-electron chi connectivity index (χ2n) is 6.87. The van der Waals surface area contributed by atoms with Crippen molar-refractivity contribution in [1.82, 2.24) is 14.7 Å². The van der Waals surface area contributed by atoms with Gasteiger partial charge in [0.15, 0.2) is 11.0 Å². The number of allylic oxidation sites excluding steroid dienone is 1. The van der Waals surface area contributed by atoms with Crippen molar-refractivity contribution >= 4 is 45.0 Å². The van der Waals surface area contributed by atoms with E-state index >= 15 is 0 Å². The molecule has 7 nitrogen and oxygen atoms in total. The van der Waals surface area contributed by atoms with Gasteiger partial charge in [-0.2, -0.15) is 0 Å². The fraction of sp³-hybridized carbons (Fsp3) is 0.182. The van der Waals surface area contributed by atoms with E-state index in [4.69, 9.17) is 9.51 Å². The molecule has 0 aliphatic heterocycles. The zero-order chi connectivity index (χ0) is 22.0. The van der Waals surface area contributed by atoms with Crippen molar-refractivity contribution in [1.29, 1.82) is 0 Å². The van der Waals surface area contributed by atoms with Crippen LogP contribution < -0.4 is 10.9 Å². The lowest BCUT2D eigenvalue weighted by Gasteiger charge is -2.14. The van der Waals surface area contributed by atoms with Crippen LogP contribution in [0, 0.1) is 6.92 Å². The molecular formula is C22H20N4O3S2. The minimum Gasteiger partial charge on any atom is -0.360 e. The molecule has 1 atom stereocenters. The van der Waals surface area contributed by atoms with Crippen LogP contribution in [-0.4, -0.2) is 25.9 Å². The van der Waals surface area contributed by atoms with Gasteiger partial charge in [0, 0.05) is 23.6 Å². The topological polar surface area (TPSA) is 90.0 Å². The van der Waals surface area contributed by atoms with Crippen LogP contribution in [0.3, 0.4) is 0 Å². The molecule has 31 heavy (non-hydrogen) atoms. The van der Waals surface area contributed by atoms with Crippen molar-refractivity contribution in [3.63, 3.8) is 0 Å². The minimum absolute atomic E-state index is 0.146. The predicted molar refractivity (Wildman–Crippen MR) is 125 cm³/mol. The number of hydrogen-bond donors (Lipinski definition) is 1. The molecule has 158 valence electrons. The second-order valence-corrected chi connectivity index (χ2v) is 9.03. The summed E-state index contributed by atoms with van der Waals surface area (Å²) in [4.78, 5) is 31.3. The minimum atomic E-state index is -0.508. The molecule has 0 bridgehead atoms. The Balaban J connectivity index is 1.69. The SMILES string of the molecule is C=CCn1c(SC(C)C(=O)Nc2cc(C)on2)nc2scc(-c3ccccc3)c2c1=O. The van der Waals surface area contributed by atoms with Crippen LogP contribution in [0.2, 0.25) is 0 Å². The number of benzene rings is 1. The maximum absolute atomic E-state index is 13.4. The monoisotopic (exact) mass is 452 g/mol. The average Bonchev–Trinajstić information content (AvgIpc) is 3.37. The number of rotatable bonds is 7. The number of anilines is 1. The number of hydrogen-bond acceptors (Lipinski definition) is 7. The average molecular weight is 453 g/mol. The summed E-state index contributed by atoms with van der Waals surface area (Å²) in [5.74, 6) is 0.705. The zero-order valence-electron chi connectivity index (χ0n) is 17.0. The van der Waals surface area contributed by atoms with E-state index in [2.05, 4.69) is 17.1 Å². The molecule has 0 aliphatic rings. The standard InChI is InChI=1S/C22H20N4O3S2/c1-4-10-26-21(28)18-16(15-8-6-5-7-9-15)12-30-20(18)24-22(26)31-14(3)19(27)23-17-11-13(2)29-25-17/h4-9,11-12,14H,1,10H2,2-3H3,(H,23,25,27). The summed E-state index contributed by atoms with van der Waals surface area (Å²) in [5, 5.41) is 8.99. The molecule has 3 heterocycles. The molecule has 1 N–H and O–H groups in total. The fourth-order valence-corrected chi connectivity index (χ4v) is 4.99. The van der Waals surface area contributed by atoms with Crippen LogP contribution >= 0.6 is 23.1 Å². The number of aromatic nitrogens is 3. The highest BCUT2D eigenvalue weighted by molar-refractivity contribution is 8.00. The molecule has 4 aromatic rings. The Bertz CT molecular complexity index is 1310.